The van der Waals surface area contributed by atoms with Crippen molar-refractivity contribution in [3.8, 4) is 89.8 Å². The van der Waals surface area contributed by atoms with Crippen molar-refractivity contribution in [3.63, 3.8) is 0 Å². The van der Waals surface area contributed by atoms with Gasteiger partial charge in [0.1, 0.15) is 97.7 Å². The number of hydrogen-bond acceptors (Lipinski definition) is 19. The topological polar surface area (TPSA) is 370 Å². The Labute approximate surface area is 826 Å². The van der Waals surface area contributed by atoms with Gasteiger partial charge in [0, 0.05) is 199 Å². The van der Waals surface area contributed by atoms with Gasteiger partial charge in [-0.3, -0.25) is 0 Å². The van der Waals surface area contributed by atoms with Crippen molar-refractivity contribution in [1.29, 1.82) is 0 Å². The SMILES string of the molecule is CCN(CC)c1ccc2c(-c3ccccc3C(=O)O)c3ccc(=[N+](CC)CC)cc-3oc2c1.CCN(CC)c1ccc2c(-c3ccccc3C(=O)O)c3ccc(=[N+](CC)CC)cc-3oc2c1.CCN(CC)c1ccc2c(-c3ccccc3C(=O)O)c3ccc(=[N+](CC)CC)cc-3oc2c1.CCN(CC)c1ccc2c(-c3ccccc3C(=O)O)c3ccc(=[N+](CC)CC)cc-3oc2c1.O=[Si]([O-])[O-].[O]=[Mo](=[O])([O-])[O-]. The monoisotopic (exact) mass is 2010 g/mol. The number of benzene rings is 12. The van der Waals surface area contributed by atoms with E-state index in [0.29, 0.717) is 22.3 Å². The van der Waals surface area contributed by atoms with Crippen molar-refractivity contribution >= 4 is 99.7 Å². The molecule has 16 rings (SSSR count). The summed E-state index contributed by atoms with van der Waals surface area (Å²) in [7, 11) is -3.63. The van der Waals surface area contributed by atoms with Crippen LogP contribution in [0.1, 0.15) is 152 Å². The molecule has 0 saturated carbocycles. The molecule has 141 heavy (non-hydrogen) atoms. The van der Waals surface area contributed by atoms with Crippen LogP contribution in [0.25, 0.3) is 134 Å². The number of hydrogen-bond donors (Lipinski definition) is 4. The Kier molecular flexibility index (Phi) is 37.4. The van der Waals surface area contributed by atoms with E-state index in [1.54, 1.807) is 48.5 Å². The molecule has 0 atom stereocenters. The number of fused-ring (bicyclic) bond motifs is 8. The first kappa shape index (κ1) is 107. The van der Waals surface area contributed by atoms with E-state index in [9.17, 15) is 39.6 Å². The zero-order chi connectivity index (χ0) is 102. The first-order chi connectivity index (χ1) is 67.8. The third-order valence-electron chi connectivity index (χ3n) is 25.5. The zero-order valence-electron chi connectivity index (χ0n) is 82.8. The van der Waals surface area contributed by atoms with Crippen molar-refractivity contribution in [2.24, 2.45) is 0 Å². The number of carboxylic acid groups (broad SMARTS) is 4. The Balaban J connectivity index is 0.000000174. The molecule has 0 unspecified atom stereocenters. The molecule has 8 aromatic carbocycles. The van der Waals surface area contributed by atoms with Crippen LogP contribution in [0, 0.1) is 0 Å². The van der Waals surface area contributed by atoms with Gasteiger partial charge in [0.2, 0.25) is 21.4 Å². The van der Waals surface area contributed by atoms with Gasteiger partial charge >= 0.3 is 54.9 Å². The Hall–Kier alpha value is -14.6. The van der Waals surface area contributed by atoms with Gasteiger partial charge in [0.05, 0.1) is 46.5 Å². The van der Waals surface area contributed by atoms with E-state index in [2.05, 4.69) is 294 Å². The van der Waals surface area contributed by atoms with E-state index in [0.717, 1.165) is 260 Å². The summed E-state index contributed by atoms with van der Waals surface area (Å²) in [6.45, 7) is 48.5. The Morgan fingerprint density at radius 1 is 0.277 bits per heavy atom. The second-order valence-electron chi connectivity index (χ2n) is 32.8. The Bertz CT molecular complexity index is 6640. The summed E-state index contributed by atoms with van der Waals surface area (Å²) >= 11 is -6.02. The van der Waals surface area contributed by atoms with Gasteiger partial charge in [0.25, 0.3) is 0 Å². The van der Waals surface area contributed by atoms with Crippen LogP contribution in [0.5, 0.6) is 0 Å². The van der Waals surface area contributed by atoms with Crippen LogP contribution in [0.2, 0.25) is 0 Å². The van der Waals surface area contributed by atoms with Gasteiger partial charge in [-0.15, -0.1) is 0 Å². The predicted molar refractivity (Wildman–Crippen MR) is 548 cm³/mol. The van der Waals surface area contributed by atoms with Crippen LogP contribution < -0.4 is 76.4 Å². The first-order valence-corrected chi connectivity index (χ1v) is 52.5. The van der Waals surface area contributed by atoms with Crippen LogP contribution >= 0.6 is 0 Å². The van der Waals surface area contributed by atoms with Crippen molar-refractivity contribution in [2.45, 2.75) is 111 Å². The van der Waals surface area contributed by atoms with Gasteiger partial charge in [0.15, 0.2) is 0 Å². The molecule has 8 aromatic rings. The number of carboxylic acids is 4. The zero-order valence-corrected chi connectivity index (χ0v) is 85.8. The average Bonchev–Trinajstić information content (AvgIpc) is 0.757. The van der Waals surface area contributed by atoms with E-state index in [1.807, 2.05) is 48.5 Å². The molecule has 4 N–H and O–H groups in total. The van der Waals surface area contributed by atoms with Gasteiger partial charge in [-0.1, -0.05) is 72.8 Å². The number of rotatable bonds is 28. The molecule has 736 valence electrons. The van der Waals surface area contributed by atoms with E-state index in [-0.39, 0.29) is 22.3 Å². The molecule has 4 aliphatic carbocycles. The Morgan fingerprint density at radius 3 is 0.603 bits per heavy atom. The molecule has 4 aliphatic heterocycles. The molecule has 0 radical (unpaired) electrons. The summed E-state index contributed by atoms with van der Waals surface area (Å²) in [5.74, 6) is -0.756. The van der Waals surface area contributed by atoms with E-state index in [1.165, 1.54) is 0 Å². The van der Waals surface area contributed by atoms with Crippen molar-refractivity contribution in [1.82, 2.24) is 18.3 Å². The molecular weight excluding hydrogens is 1890 g/mol. The molecule has 0 saturated heterocycles. The van der Waals surface area contributed by atoms with E-state index in [4.69, 9.17) is 46.0 Å². The second-order valence-corrected chi connectivity index (χ2v) is 35.3. The normalized spacial score (nSPS) is 11.0. The summed E-state index contributed by atoms with van der Waals surface area (Å²) in [6.07, 6.45) is 0. The van der Waals surface area contributed by atoms with Crippen LogP contribution in [0.4, 0.5) is 22.7 Å². The fourth-order valence-corrected chi connectivity index (χ4v) is 18.5. The summed E-state index contributed by atoms with van der Waals surface area (Å²) in [6, 6.07) is 78.5. The molecule has 27 nitrogen and oxygen atoms in total. The molecule has 4 heterocycles. The van der Waals surface area contributed by atoms with E-state index < -0.39 is 49.8 Å². The standard InChI is InChI=1S/4C28H30N2O3.Mo.O3Si.4O/c4*1-5-29(6-2)19-13-15-23-25(17-19)33-26-18-20(30(7-3)8-4)14-16-24(26)27(23)21-11-9-10-12-22(21)28(31)32;;1-4(2)3;;;;/h4*9-18H,5-8H2,1-4H3;;;;;;/q;;;;;-2;;;2*-1/p+4. The number of anilines is 4. The summed E-state index contributed by atoms with van der Waals surface area (Å²) < 4.78 is 78.0. The van der Waals surface area contributed by atoms with Gasteiger partial charge in [-0.05, 0) is 230 Å². The minimum atomic E-state index is -6.02. The van der Waals surface area contributed by atoms with Gasteiger partial charge < -0.3 is 71.7 Å². The van der Waals surface area contributed by atoms with Crippen molar-refractivity contribution in [2.75, 3.05) is 124 Å². The average molecular weight is 2010 g/mol. The number of aromatic carboxylic acids is 4. The first-order valence-electron chi connectivity index (χ1n) is 48.0. The molecule has 29 heteroatoms. The predicted octanol–water partition coefficient (Wildman–Crippen LogP) is 16.7. The van der Waals surface area contributed by atoms with E-state index >= 15 is 0 Å². The fourth-order valence-electron chi connectivity index (χ4n) is 18.5. The van der Waals surface area contributed by atoms with Crippen LogP contribution in [0.3, 0.4) is 0 Å². The molecule has 0 spiro atoms. The second kappa shape index (κ2) is 49.3. The number of carbonyl (C=O) groups is 4. The molecule has 0 bridgehead atoms. The molecular formula is C112H124MoN8O19Si. The molecule has 0 aromatic heterocycles. The summed E-state index contributed by atoms with van der Waals surface area (Å²) in [4.78, 5) is 74.4. The van der Waals surface area contributed by atoms with Crippen LogP contribution in [-0.2, 0) is 28.0 Å². The van der Waals surface area contributed by atoms with Crippen molar-refractivity contribution < 1.29 is 102 Å². The molecule has 8 aliphatic rings. The maximum atomic E-state index is 12.1. The van der Waals surface area contributed by atoms with Crippen LogP contribution in [-0.4, -0.2) is 158 Å². The fraction of sp³-hybridized carbons (Fsp3) is 0.286. The third-order valence-corrected chi connectivity index (χ3v) is 25.5. The quantitative estimate of drug-likeness (QED) is 0.0201. The molecule has 0 amide bonds. The maximum absolute atomic E-state index is 12.1. The Morgan fingerprint density at radius 2 is 0.447 bits per heavy atom. The molecule has 0 fully saturated rings. The summed E-state index contributed by atoms with van der Waals surface area (Å²) in [5, 5.41) is 47.6. The third kappa shape index (κ3) is 24.8. The minimum absolute atomic E-state index is 0.284. The van der Waals surface area contributed by atoms with Crippen molar-refractivity contribution in [3.05, 3.63) is 286 Å². The number of nitrogens with zero attached hydrogens (tertiary/aromatic N) is 8. The van der Waals surface area contributed by atoms with Gasteiger partial charge in [-0.25, -0.2) is 37.5 Å². The summed E-state index contributed by atoms with van der Waals surface area (Å²) in [5.41, 5.74) is 18.5. The van der Waals surface area contributed by atoms with Crippen LogP contribution in [0.15, 0.2) is 260 Å². The van der Waals surface area contributed by atoms with Gasteiger partial charge in [-0.2, -0.15) is 0 Å².